The van der Waals surface area contributed by atoms with Gasteiger partial charge in [0, 0.05) is 18.6 Å². The fourth-order valence-electron chi connectivity index (χ4n) is 3.14. The Hall–Kier alpha value is -0.860. The first-order valence-corrected chi connectivity index (χ1v) is 7.24. The Morgan fingerprint density at radius 2 is 1.89 bits per heavy atom. The van der Waals surface area contributed by atoms with E-state index >= 15 is 0 Å². The molecule has 0 bridgehead atoms. The van der Waals surface area contributed by atoms with E-state index in [1.807, 2.05) is 0 Å². The zero-order chi connectivity index (χ0) is 12.5. The molecule has 1 aromatic rings. The fraction of sp³-hybridized carbons (Fsp3) is 0.625. The molecule has 18 heavy (non-hydrogen) atoms. The summed E-state index contributed by atoms with van der Waals surface area (Å²) in [7, 11) is 2.27. The number of aryl methyl sites for hydroxylation is 1. The Morgan fingerprint density at radius 3 is 2.56 bits per heavy atom. The van der Waals surface area contributed by atoms with Crippen molar-refractivity contribution in [1.29, 1.82) is 0 Å². The Morgan fingerprint density at radius 1 is 1.17 bits per heavy atom. The number of nitrogens with zero attached hydrogens (tertiary/aromatic N) is 1. The van der Waals surface area contributed by atoms with E-state index in [-0.39, 0.29) is 0 Å². The molecule has 2 fully saturated rings. The van der Waals surface area contributed by atoms with Crippen molar-refractivity contribution < 1.29 is 0 Å². The lowest BCUT2D eigenvalue weighted by atomic mass is 9.93. The Balaban J connectivity index is 1.71. The minimum Gasteiger partial charge on any atom is -0.314 e. The first kappa shape index (κ1) is 12.2. The van der Waals surface area contributed by atoms with Gasteiger partial charge in [0.2, 0.25) is 0 Å². The van der Waals surface area contributed by atoms with Crippen molar-refractivity contribution in [1.82, 2.24) is 10.2 Å². The van der Waals surface area contributed by atoms with Crippen molar-refractivity contribution in [2.75, 3.05) is 20.1 Å². The molecular formula is C16H24N2. The number of rotatable bonds is 4. The highest BCUT2D eigenvalue weighted by atomic mass is 15.2. The summed E-state index contributed by atoms with van der Waals surface area (Å²) >= 11 is 0. The van der Waals surface area contributed by atoms with E-state index in [1.165, 1.54) is 43.5 Å². The van der Waals surface area contributed by atoms with E-state index in [0.717, 1.165) is 12.0 Å². The smallest absolute Gasteiger partial charge is 0.0385 e. The van der Waals surface area contributed by atoms with Crippen LogP contribution in [0, 0.1) is 12.8 Å². The van der Waals surface area contributed by atoms with E-state index in [2.05, 4.69) is 48.5 Å². The standard InChI is InChI=1S/C16H24N2/c1-12-3-5-13(6-4-12)16-14(9-10-18(16)2)11-17-15-7-8-15/h3-6,14-17H,7-11H2,1-2H3. The van der Waals surface area contributed by atoms with Crippen LogP contribution < -0.4 is 5.32 Å². The summed E-state index contributed by atoms with van der Waals surface area (Å²) in [5.41, 5.74) is 2.84. The van der Waals surface area contributed by atoms with Gasteiger partial charge in [0.1, 0.15) is 0 Å². The lowest BCUT2D eigenvalue weighted by Crippen LogP contribution is -2.29. The van der Waals surface area contributed by atoms with E-state index in [9.17, 15) is 0 Å². The number of hydrogen-bond donors (Lipinski definition) is 1. The van der Waals surface area contributed by atoms with Gasteiger partial charge in [0.15, 0.2) is 0 Å². The van der Waals surface area contributed by atoms with Crippen LogP contribution in [0.15, 0.2) is 24.3 Å². The van der Waals surface area contributed by atoms with E-state index in [4.69, 9.17) is 0 Å². The maximum Gasteiger partial charge on any atom is 0.0385 e. The second-order valence-corrected chi connectivity index (χ2v) is 6.07. The third-order valence-corrected chi connectivity index (χ3v) is 4.44. The molecule has 2 atom stereocenters. The summed E-state index contributed by atoms with van der Waals surface area (Å²) in [6.07, 6.45) is 4.10. The van der Waals surface area contributed by atoms with Crippen LogP contribution in [0.3, 0.4) is 0 Å². The zero-order valence-electron chi connectivity index (χ0n) is 11.5. The van der Waals surface area contributed by atoms with Gasteiger partial charge in [-0.25, -0.2) is 0 Å². The normalized spacial score (nSPS) is 28.8. The van der Waals surface area contributed by atoms with Crippen molar-refractivity contribution in [3.63, 3.8) is 0 Å². The van der Waals surface area contributed by atoms with Crippen LogP contribution >= 0.6 is 0 Å². The van der Waals surface area contributed by atoms with Crippen LogP contribution in [0.5, 0.6) is 0 Å². The lowest BCUT2D eigenvalue weighted by molar-refractivity contribution is 0.272. The van der Waals surface area contributed by atoms with Crippen molar-refractivity contribution in [3.05, 3.63) is 35.4 Å². The first-order valence-electron chi connectivity index (χ1n) is 7.24. The Kier molecular flexibility index (Phi) is 3.40. The summed E-state index contributed by atoms with van der Waals surface area (Å²) in [5.74, 6) is 0.776. The van der Waals surface area contributed by atoms with Gasteiger partial charge in [-0.15, -0.1) is 0 Å². The van der Waals surface area contributed by atoms with Crippen LogP contribution in [0.1, 0.15) is 36.4 Å². The molecule has 1 saturated heterocycles. The summed E-state index contributed by atoms with van der Waals surface area (Å²) in [5, 5.41) is 3.70. The zero-order valence-corrected chi connectivity index (χ0v) is 11.5. The van der Waals surface area contributed by atoms with Crippen LogP contribution in [0.25, 0.3) is 0 Å². The molecule has 1 aromatic carbocycles. The molecule has 1 saturated carbocycles. The average Bonchev–Trinajstić information content (AvgIpc) is 3.12. The molecule has 98 valence electrons. The topological polar surface area (TPSA) is 15.3 Å². The van der Waals surface area contributed by atoms with E-state index < -0.39 is 0 Å². The van der Waals surface area contributed by atoms with Crippen LogP contribution in [-0.4, -0.2) is 31.1 Å². The third kappa shape index (κ3) is 2.60. The number of likely N-dealkylation sites (tertiary alicyclic amines) is 1. The lowest BCUT2D eigenvalue weighted by Gasteiger charge is -2.26. The quantitative estimate of drug-likeness (QED) is 0.876. The van der Waals surface area contributed by atoms with Gasteiger partial charge >= 0.3 is 0 Å². The summed E-state index contributed by atoms with van der Waals surface area (Å²) < 4.78 is 0. The van der Waals surface area contributed by atoms with Gasteiger partial charge < -0.3 is 5.32 Å². The fourth-order valence-corrected chi connectivity index (χ4v) is 3.14. The van der Waals surface area contributed by atoms with E-state index in [1.54, 1.807) is 0 Å². The molecule has 2 unspecified atom stereocenters. The van der Waals surface area contributed by atoms with Crippen molar-refractivity contribution in [2.45, 2.75) is 38.3 Å². The second kappa shape index (κ2) is 5.02. The summed E-state index contributed by atoms with van der Waals surface area (Å²) in [4.78, 5) is 2.52. The molecule has 0 amide bonds. The number of hydrogen-bond acceptors (Lipinski definition) is 2. The molecule has 3 rings (SSSR count). The van der Waals surface area contributed by atoms with Crippen LogP contribution in [-0.2, 0) is 0 Å². The predicted molar refractivity (Wildman–Crippen MR) is 75.7 cm³/mol. The second-order valence-electron chi connectivity index (χ2n) is 6.07. The van der Waals surface area contributed by atoms with Crippen molar-refractivity contribution >= 4 is 0 Å². The Labute approximate surface area is 110 Å². The van der Waals surface area contributed by atoms with Gasteiger partial charge in [0.05, 0.1) is 0 Å². The predicted octanol–water partition coefficient (Wildman–Crippen LogP) is 2.74. The van der Waals surface area contributed by atoms with Gasteiger partial charge in [-0.3, -0.25) is 4.90 Å². The minimum absolute atomic E-state index is 0.608. The highest BCUT2D eigenvalue weighted by Crippen LogP contribution is 2.36. The molecular weight excluding hydrogens is 220 g/mol. The van der Waals surface area contributed by atoms with Gasteiger partial charge in [-0.1, -0.05) is 29.8 Å². The SMILES string of the molecule is Cc1ccc(C2C(CNC3CC3)CCN2C)cc1. The summed E-state index contributed by atoms with van der Waals surface area (Å²) in [6, 6.07) is 10.5. The first-order chi connectivity index (χ1) is 8.74. The molecule has 2 heteroatoms. The monoisotopic (exact) mass is 244 g/mol. The molecule has 1 aliphatic carbocycles. The van der Waals surface area contributed by atoms with Gasteiger partial charge in [-0.2, -0.15) is 0 Å². The average molecular weight is 244 g/mol. The molecule has 0 aromatic heterocycles. The minimum atomic E-state index is 0.608. The molecule has 1 heterocycles. The molecule has 0 spiro atoms. The third-order valence-electron chi connectivity index (χ3n) is 4.44. The number of nitrogens with one attached hydrogen (secondary N) is 1. The van der Waals surface area contributed by atoms with Gasteiger partial charge in [0.25, 0.3) is 0 Å². The molecule has 1 aliphatic heterocycles. The Bertz CT molecular complexity index is 394. The highest BCUT2D eigenvalue weighted by molar-refractivity contribution is 5.25. The largest absolute Gasteiger partial charge is 0.314 e. The van der Waals surface area contributed by atoms with Crippen molar-refractivity contribution in [3.8, 4) is 0 Å². The maximum atomic E-state index is 3.70. The van der Waals surface area contributed by atoms with E-state index in [0.29, 0.717) is 6.04 Å². The maximum absolute atomic E-state index is 3.70. The molecule has 0 radical (unpaired) electrons. The molecule has 1 N–H and O–H groups in total. The molecule has 2 aliphatic rings. The highest BCUT2D eigenvalue weighted by Gasteiger charge is 2.33. The number of benzene rings is 1. The van der Waals surface area contributed by atoms with Crippen molar-refractivity contribution in [2.24, 2.45) is 5.92 Å². The van der Waals surface area contributed by atoms with Gasteiger partial charge in [-0.05, 0) is 51.3 Å². The molecule has 2 nitrogen and oxygen atoms in total. The van der Waals surface area contributed by atoms with Crippen LogP contribution in [0.2, 0.25) is 0 Å². The van der Waals surface area contributed by atoms with Crippen LogP contribution in [0.4, 0.5) is 0 Å². The summed E-state index contributed by atoms with van der Waals surface area (Å²) in [6.45, 7) is 4.58.